The van der Waals surface area contributed by atoms with Gasteiger partial charge in [-0.1, -0.05) is 35.9 Å². The third kappa shape index (κ3) is 3.39. The van der Waals surface area contributed by atoms with Crippen molar-refractivity contribution in [1.29, 1.82) is 0 Å². The smallest absolute Gasteiger partial charge is 0.329 e. The standard InChI is InChI=1S/C18H15N3O5/c1-11-2-4-12(5-3-11)10-20-17(23)14(19-18(20)24)8-13-6-7-16(22)15(9-13)21(25)26/h2-9,22H,10H2,1H3,(H,19,24)/b14-8-. The first kappa shape index (κ1) is 17.2. The Kier molecular flexibility index (Phi) is 4.40. The second-order valence-electron chi connectivity index (χ2n) is 5.87. The number of nitro benzene ring substituents is 1. The third-order valence-electron chi connectivity index (χ3n) is 3.93. The number of carbonyl (C=O) groups is 2. The summed E-state index contributed by atoms with van der Waals surface area (Å²) in [5, 5.41) is 22.8. The van der Waals surface area contributed by atoms with Crippen LogP contribution in [0.1, 0.15) is 16.7 Å². The molecule has 26 heavy (non-hydrogen) atoms. The molecule has 0 saturated carbocycles. The Balaban J connectivity index is 1.84. The second kappa shape index (κ2) is 6.67. The molecule has 0 spiro atoms. The van der Waals surface area contributed by atoms with Crippen molar-refractivity contribution in [2.24, 2.45) is 0 Å². The fraction of sp³-hybridized carbons (Fsp3) is 0.111. The zero-order valence-corrected chi connectivity index (χ0v) is 13.8. The maximum atomic E-state index is 12.5. The Morgan fingerprint density at radius 2 is 1.88 bits per heavy atom. The highest BCUT2D eigenvalue weighted by Crippen LogP contribution is 2.27. The van der Waals surface area contributed by atoms with Gasteiger partial charge in [0.1, 0.15) is 5.70 Å². The number of imide groups is 1. The van der Waals surface area contributed by atoms with Crippen molar-refractivity contribution in [3.63, 3.8) is 0 Å². The minimum Gasteiger partial charge on any atom is -0.502 e. The minimum absolute atomic E-state index is 0.0158. The zero-order valence-electron chi connectivity index (χ0n) is 13.8. The highest BCUT2D eigenvalue weighted by atomic mass is 16.6. The molecule has 3 rings (SSSR count). The molecular formula is C18H15N3O5. The molecule has 0 radical (unpaired) electrons. The summed E-state index contributed by atoms with van der Waals surface area (Å²) in [6, 6.07) is 10.6. The summed E-state index contributed by atoms with van der Waals surface area (Å²) in [6.45, 7) is 2.06. The lowest BCUT2D eigenvalue weighted by atomic mass is 10.1. The lowest BCUT2D eigenvalue weighted by molar-refractivity contribution is -0.385. The number of benzene rings is 2. The number of carbonyl (C=O) groups excluding carboxylic acids is 2. The molecule has 1 heterocycles. The first-order valence-electron chi connectivity index (χ1n) is 7.72. The first-order valence-corrected chi connectivity index (χ1v) is 7.72. The van der Waals surface area contributed by atoms with Crippen LogP contribution in [-0.4, -0.2) is 26.9 Å². The number of nitrogens with zero attached hydrogens (tertiary/aromatic N) is 2. The van der Waals surface area contributed by atoms with E-state index in [0.29, 0.717) is 5.56 Å². The van der Waals surface area contributed by atoms with Gasteiger partial charge in [-0.15, -0.1) is 0 Å². The normalized spacial score (nSPS) is 15.4. The van der Waals surface area contributed by atoms with Crippen molar-refractivity contribution in [2.45, 2.75) is 13.5 Å². The lowest BCUT2D eigenvalue weighted by Crippen LogP contribution is -2.30. The van der Waals surface area contributed by atoms with Gasteiger partial charge in [-0.05, 0) is 30.2 Å². The molecule has 1 saturated heterocycles. The summed E-state index contributed by atoms with van der Waals surface area (Å²) in [4.78, 5) is 35.8. The van der Waals surface area contributed by atoms with Crippen LogP contribution in [0.4, 0.5) is 10.5 Å². The molecule has 132 valence electrons. The van der Waals surface area contributed by atoms with Gasteiger partial charge in [0, 0.05) is 6.07 Å². The average Bonchev–Trinajstić information content (AvgIpc) is 2.85. The summed E-state index contributed by atoms with van der Waals surface area (Å²) in [5.74, 6) is -0.994. The zero-order chi connectivity index (χ0) is 18.8. The SMILES string of the molecule is Cc1ccc(CN2C(=O)N/C(=C\c3ccc(O)c([N+](=O)[O-])c3)C2=O)cc1. The monoisotopic (exact) mass is 353 g/mol. The van der Waals surface area contributed by atoms with Crippen LogP contribution in [0.3, 0.4) is 0 Å². The molecular weight excluding hydrogens is 338 g/mol. The number of aryl methyl sites for hydroxylation is 1. The van der Waals surface area contributed by atoms with Gasteiger partial charge >= 0.3 is 11.7 Å². The minimum atomic E-state index is -0.726. The Labute approximate surface area is 148 Å². The fourth-order valence-corrected chi connectivity index (χ4v) is 2.53. The van der Waals surface area contributed by atoms with E-state index < -0.39 is 28.3 Å². The van der Waals surface area contributed by atoms with Crippen LogP contribution in [0.5, 0.6) is 5.75 Å². The molecule has 3 amide bonds. The summed E-state index contributed by atoms with van der Waals surface area (Å²) < 4.78 is 0. The summed E-state index contributed by atoms with van der Waals surface area (Å²) in [5.41, 5.74) is 1.73. The van der Waals surface area contributed by atoms with Crippen molar-refractivity contribution in [3.05, 3.63) is 75.0 Å². The molecule has 2 aromatic rings. The first-order chi connectivity index (χ1) is 12.3. The highest BCUT2D eigenvalue weighted by Gasteiger charge is 2.33. The van der Waals surface area contributed by atoms with Crippen molar-refractivity contribution in [3.8, 4) is 5.75 Å². The summed E-state index contributed by atoms with van der Waals surface area (Å²) in [7, 11) is 0. The van der Waals surface area contributed by atoms with E-state index >= 15 is 0 Å². The van der Waals surface area contributed by atoms with Crippen LogP contribution in [0.15, 0.2) is 48.2 Å². The summed E-state index contributed by atoms with van der Waals surface area (Å²) in [6.07, 6.45) is 1.34. The lowest BCUT2D eigenvalue weighted by Gasteiger charge is -2.11. The van der Waals surface area contributed by atoms with Gasteiger partial charge in [-0.3, -0.25) is 19.8 Å². The van der Waals surface area contributed by atoms with Gasteiger partial charge in [0.05, 0.1) is 11.5 Å². The van der Waals surface area contributed by atoms with Crippen molar-refractivity contribution < 1.29 is 19.6 Å². The van der Waals surface area contributed by atoms with Gasteiger partial charge in [0.25, 0.3) is 5.91 Å². The van der Waals surface area contributed by atoms with Crippen LogP contribution >= 0.6 is 0 Å². The fourth-order valence-electron chi connectivity index (χ4n) is 2.53. The van der Waals surface area contributed by atoms with Crippen molar-refractivity contribution in [1.82, 2.24) is 10.2 Å². The molecule has 0 aromatic heterocycles. The molecule has 0 bridgehead atoms. The quantitative estimate of drug-likeness (QED) is 0.380. The Morgan fingerprint density at radius 1 is 1.19 bits per heavy atom. The van der Waals surface area contributed by atoms with Gasteiger partial charge in [-0.25, -0.2) is 4.79 Å². The van der Waals surface area contributed by atoms with Crippen LogP contribution < -0.4 is 5.32 Å². The van der Waals surface area contributed by atoms with E-state index in [1.165, 1.54) is 12.1 Å². The number of hydrogen-bond acceptors (Lipinski definition) is 5. The number of aromatic hydroxyl groups is 1. The Morgan fingerprint density at radius 3 is 2.54 bits per heavy atom. The molecule has 0 atom stereocenters. The van der Waals surface area contributed by atoms with Crippen LogP contribution in [-0.2, 0) is 11.3 Å². The molecule has 2 N–H and O–H groups in total. The van der Waals surface area contributed by atoms with Crippen LogP contribution in [0.25, 0.3) is 6.08 Å². The Hall–Kier alpha value is -3.68. The predicted molar refractivity (Wildman–Crippen MR) is 93.0 cm³/mol. The van der Waals surface area contributed by atoms with Gasteiger partial charge in [-0.2, -0.15) is 0 Å². The largest absolute Gasteiger partial charge is 0.502 e. The number of nitrogens with one attached hydrogen (secondary N) is 1. The highest BCUT2D eigenvalue weighted by molar-refractivity contribution is 6.13. The molecule has 8 heteroatoms. The van der Waals surface area contributed by atoms with E-state index in [1.54, 1.807) is 0 Å². The van der Waals surface area contributed by atoms with Crippen LogP contribution in [0.2, 0.25) is 0 Å². The number of phenolic OH excluding ortho intramolecular Hbond substituents is 1. The molecule has 8 nitrogen and oxygen atoms in total. The number of rotatable bonds is 4. The maximum absolute atomic E-state index is 12.5. The second-order valence-corrected chi connectivity index (χ2v) is 5.87. The van der Waals surface area contributed by atoms with Crippen LogP contribution in [0, 0.1) is 17.0 Å². The van der Waals surface area contributed by atoms with Gasteiger partial charge in [0.15, 0.2) is 5.75 Å². The number of phenols is 1. The third-order valence-corrected chi connectivity index (χ3v) is 3.93. The number of urea groups is 1. The van der Waals surface area contributed by atoms with E-state index in [4.69, 9.17) is 0 Å². The molecule has 0 aliphatic carbocycles. The number of hydrogen-bond donors (Lipinski definition) is 2. The van der Waals surface area contributed by atoms with Crippen molar-refractivity contribution >= 4 is 23.7 Å². The molecule has 1 aliphatic rings. The van der Waals surface area contributed by atoms with E-state index in [-0.39, 0.29) is 12.2 Å². The van der Waals surface area contributed by atoms with E-state index in [0.717, 1.165) is 28.2 Å². The maximum Gasteiger partial charge on any atom is 0.329 e. The van der Waals surface area contributed by atoms with Crippen molar-refractivity contribution in [2.75, 3.05) is 0 Å². The van der Waals surface area contributed by atoms with Gasteiger partial charge < -0.3 is 10.4 Å². The molecule has 1 fully saturated rings. The Bertz CT molecular complexity index is 934. The molecule has 1 aliphatic heterocycles. The predicted octanol–water partition coefficient (Wildman–Crippen LogP) is 2.70. The molecule has 2 aromatic carbocycles. The average molecular weight is 353 g/mol. The van der Waals surface area contributed by atoms with E-state index in [9.17, 15) is 24.8 Å². The number of nitro groups is 1. The van der Waals surface area contributed by atoms with E-state index in [2.05, 4.69) is 5.32 Å². The summed E-state index contributed by atoms with van der Waals surface area (Å²) >= 11 is 0. The van der Waals surface area contributed by atoms with Gasteiger partial charge in [0.2, 0.25) is 0 Å². The topological polar surface area (TPSA) is 113 Å². The van der Waals surface area contributed by atoms with E-state index in [1.807, 2.05) is 31.2 Å². The number of amides is 3. The molecule has 0 unspecified atom stereocenters.